The highest BCUT2D eigenvalue weighted by molar-refractivity contribution is 5.99. The van der Waals surface area contributed by atoms with Crippen LogP contribution in [0.2, 0.25) is 0 Å². The average molecular weight is 1540 g/mol. The minimum atomic E-state index is -1.45. The normalized spacial score (nSPS) is 14.8. The average Bonchev–Trinajstić information content (AvgIpc) is 1.38. The molecule has 0 fully saturated rings. The maximum Gasteiger partial charge on any atom is 0.326 e. The summed E-state index contributed by atoms with van der Waals surface area (Å²) in [5.41, 5.74) is 42.4. The van der Waals surface area contributed by atoms with Gasteiger partial charge in [0, 0.05) is 54.9 Å². The van der Waals surface area contributed by atoms with Gasteiger partial charge in [0.15, 0.2) is 0 Å². The Morgan fingerprint density at radius 1 is 0.303 bits per heavy atom. The van der Waals surface area contributed by atoms with Crippen LogP contribution in [0.25, 0.3) is 0 Å². The fourth-order valence-electron chi connectivity index (χ4n) is 12.0. The van der Waals surface area contributed by atoms with Crippen LogP contribution in [0.3, 0.4) is 0 Å². The van der Waals surface area contributed by atoms with Crippen LogP contribution in [0.4, 0.5) is 0 Å². The van der Waals surface area contributed by atoms with Crippen molar-refractivity contribution < 1.29 is 62.6 Å². The van der Waals surface area contributed by atoms with E-state index in [1.54, 1.807) is 13.8 Å². The van der Waals surface area contributed by atoms with Crippen LogP contribution in [-0.2, 0) is 76.8 Å². The van der Waals surface area contributed by atoms with Gasteiger partial charge in [-0.2, -0.15) is 0 Å². The van der Waals surface area contributed by atoms with Crippen molar-refractivity contribution in [3.05, 3.63) is 54.7 Å². The number of carbonyl (C=O) groups excluding carboxylic acids is 11. The van der Waals surface area contributed by atoms with E-state index in [-0.39, 0.29) is 115 Å². The topological polar surface area (TPSA) is 626 Å². The van der Waals surface area contributed by atoms with E-state index in [1.807, 2.05) is 27.7 Å². The van der Waals surface area contributed by atoms with Gasteiger partial charge in [-0.1, -0.05) is 48.0 Å². The number of aromatic nitrogens is 6. The van der Waals surface area contributed by atoms with Crippen LogP contribution in [-0.4, -0.2) is 218 Å². The van der Waals surface area contributed by atoms with Crippen molar-refractivity contribution >= 4 is 70.9 Å². The molecule has 0 bridgehead atoms. The first kappa shape index (κ1) is 94.2. The lowest BCUT2D eigenvalue weighted by atomic mass is 10.00. The van der Waals surface area contributed by atoms with Crippen molar-refractivity contribution in [1.29, 1.82) is 0 Å². The minimum Gasteiger partial charge on any atom is -0.480 e. The molecule has 3 heterocycles. The molecule has 0 saturated carbocycles. The van der Waals surface area contributed by atoms with Crippen LogP contribution in [0.5, 0.6) is 0 Å². The van der Waals surface area contributed by atoms with Crippen LogP contribution >= 0.6 is 0 Å². The van der Waals surface area contributed by atoms with Crippen LogP contribution in [0.15, 0.2) is 37.6 Å². The number of aromatic amines is 3. The van der Waals surface area contributed by atoms with Crippen molar-refractivity contribution in [3.8, 4) is 0 Å². The summed E-state index contributed by atoms with van der Waals surface area (Å²) in [4.78, 5) is 192. The molecule has 0 saturated heterocycles. The molecular weight excluding hydrogens is 1410 g/mol. The number of carbonyl (C=O) groups is 12. The highest BCUT2D eigenvalue weighted by Gasteiger charge is 2.38. The van der Waals surface area contributed by atoms with Gasteiger partial charge in [-0.05, 0) is 185 Å². The van der Waals surface area contributed by atoms with Crippen molar-refractivity contribution in [3.63, 3.8) is 0 Å². The Morgan fingerprint density at radius 3 is 0.734 bits per heavy atom. The summed E-state index contributed by atoms with van der Waals surface area (Å²) >= 11 is 0. The molecule has 0 radical (unpaired) electrons. The molecule has 3 aromatic rings. The quantitative estimate of drug-likeness (QED) is 0.0261. The molecule has 0 aliphatic rings. The second-order valence-electron chi connectivity index (χ2n) is 29.1. The second-order valence-corrected chi connectivity index (χ2v) is 29.1. The molecule has 0 spiro atoms. The van der Waals surface area contributed by atoms with E-state index >= 15 is 0 Å². The molecule has 37 nitrogen and oxygen atoms in total. The van der Waals surface area contributed by atoms with Crippen LogP contribution in [0.1, 0.15) is 193 Å². The monoisotopic (exact) mass is 1540 g/mol. The van der Waals surface area contributed by atoms with Crippen molar-refractivity contribution in [2.45, 2.75) is 268 Å². The fraction of sp³-hybridized carbons (Fsp3) is 0.708. The molecule has 614 valence electrons. The molecule has 0 unspecified atom stereocenters. The molecular formula is C72H128N24O13. The Hall–Kier alpha value is -9.01. The Labute approximate surface area is 639 Å². The zero-order chi connectivity index (χ0) is 80.8. The van der Waals surface area contributed by atoms with Gasteiger partial charge in [0.25, 0.3) is 0 Å². The largest absolute Gasteiger partial charge is 0.480 e. The smallest absolute Gasteiger partial charge is 0.326 e. The Kier molecular flexibility index (Phi) is 45.8. The maximum absolute atomic E-state index is 14.9. The summed E-state index contributed by atoms with van der Waals surface area (Å²) in [6, 6.07) is -15.4. The number of imidazole rings is 3. The predicted octanol–water partition coefficient (Wildman–Crippen LogP) is -2.46. The molecule has 12 atom stereocenters. The SMILES string of the molecule is CC(C)C[C@H](NC(=O)[C@H](Cc1cnc[nH]1)NC(=O)[C@H](CCCCN)NC(=O)[C@H](CCCCN)NC(=O)[C@H](CC(C)C)NC(=O)[C@H](Cc1cnc[nH]1)NC(=O)[C@H](CCCCN)NC(=O)[C@H](CCCCN)NC(=O)[C@H](CC(C)C)NC(=O)[C@H](Cc1cnc[nH]1)NC(=O)[C@@H](N)CCCCN)C(=O)N[C@@H](CCCCN)C(=O)O. The lowest BCUT2D eigenvalue weighted by Crippen LogP contribution is -2.61. The Bertz CT molecular complexity index is 3180. The first-order valence-electron chi connectivity index (χ1n) is 38.5. The molecule has 29 N–H and O–H groups in total. The molecule has 3 rings (SSSR count). The number of unbranched alkanes of at least 4 members (excludes halogenated alkanes) is 6. The summed E-state index contributed by atoms with van der Waals surface area (Å²) in [5, 5.41) is 40.3. The molecule has 37 heteroatoms. The van der Waals surface area contributed by atoms with Gasteiger partial charge in [0.1, 0.15) is 66.5 Å². The lowest BCUT2D eigenvalue weighted by Gasteiger charge is -2.29. The highest BCUT2D eigenvalue weighted by atomic mass is 16.4. The number of rotatable bonds is 59. The third kappa shape index (κ3) is 37.3. The molecule has 109 heavy (non-hydrogen) atoms. The number of aliphatic carboxylic acids is 1. The first-order chi connectivity index (χ1) is 52.1. The van der Waals surface area contributed by atoms with Crippen LogP contribution in [0, 0.1) is 17.8 Å². The molecule has 3 aromatic heterocycles. The number of carboxylic acid groups (broad SMARTS) is 1. The summed E-state index contributed by atoms with van der Waals surface area (Å²) in [5.74, 6) is -10.3. The van der Waals surface area contributed by atoms with Crippen molar-refractivity contribution in [1.82, 2.24) is 88.4 Å². The van der Waals surface area contributed by atoms with E-state index in [4.69, 9.17) is 40.1 Å². The van der Waals surface area contributed by atoms with E-state index in [0.717, 1.165) is 0 Å². The van der Waals surface area contributed by atoms with Crippen LogP contribution < -0.4 is 98.6 Å². The molecule has 11 amide bonds. The van der Waals surface area contributed by atoms with E-state index in [9.17, 15) is 62.6 Å². The Morgan fingerprint density at radius 2 is 0.505 bits per heavy atom. The second kappa shape index (κ2) is 52.9. The predicted molar refractivity (Wildman–Crippen MR) is 410 cm³/mol. The molecule has 0 aliphatic carbocycles. The third-order valence-electron chi connectivity index (χ3n) is 18.0. The molecule has 0 aliphatic heterocycles. The standard InChI is InChI=1S/C72H128N24O13/c1-43(2)31-55(92-69(105)58(34-46-37-80-40-83-46)91-61(97)49(79)19-7-13-25-73)66(102)88-50(20-8-14-26-74)62(98)86-52(22-10-16-28-76)64(100)95-59(35-47-38-81-41-84-47)70(106)93-56(32-44(3)4)67(103)89-51(21-9-15-27-75)63(99)87-53(23-11-17-29-77)65(101)96-60(36-48-39-82-42-85-48)71(107)94-57(33-45(5)6)68(104)90-54(72(108)109)24-12-18-30-78/h37-45,49-60H,7-36,73-79H2,1-6H3,(H,80,83)(H,81,84)(H,82,85)(H,86,98)(H,87,99)(H,88,102)(H,89,103)(H,90,104)(H,91,97)(H,92,105)(H,93,106)(H,94,107)(H,95,100)(H,96,101)(H,108,109)/t49-,50-,51-,52-,53-,54-,55-,56-,57-,58-,59-,60-/m0/s1. The number of hydrogen-bond donors (Lipinski definition) is 22. The van der Waals surface area contributed by atoms with E-state index in [2.05, 4.69) is 88.4 Å². The van der Waals surface area contributed by atoms with E-state index in [1.165, 1.54) is 37.6 Å². The maximum atomic E-state index is 14.9. The zero-order valence-electron chi connectivity index (χ0n) is 64.6. The highest BCUT2D eigenvalue weighted by Crippen LogP contribution is 2.16. The first-order valence-corrected chi connectivity index (χ1v) is 38.5. The molecule has 0 aromatic carbocycles. The van der Waals surface area contributed by atoms with Crippen molar-refractivity contribution in [2.24, 2.45) is 57.9 Å². The van der Waals surface area contributed by atoms with Gasteiger partial charge >= 0.3 is 5.97 Å². The number of nitrogens with two attached hydrogens (primary N) is 7. The number of carboxylic acids is 1. The van der Waals surface area contributed by atoms with Gasteiger partial charge < -0.3 is 119 Å². The summed E-state index contributed by atoms with van der Waals surface area (Å²) < 4.78 is 0. The number of hydrogen-bond acceptors (Lipinski definition) is 22. The fourth-order valence-corrected chi connectivity index (χ4v) is 12.0. The van der Waals surface area contributed by atoms with Gasteiger partial charge in [-0.3, -0.25) is 52.7 Å². The summed E-state index contributed by atoms with van der Waals surface area (Å²) in [7, 11) is 0. The zero-order valence-corrected chi connectivity index (χ0v) is 64.6. The number of nitrogens with zero attached hydrogens (tertiary/aromatic N) is 3. The third-order valence-corrected chi connectivity index (χ3v) is 18.0. The van der Waals surface area contributed by atoms with Gasteiger partial charge in [-0.15, -0.1) is 0 Å². The summed E-state index contributed by atoms with van der Waals surface area (Å²) in [6.45, 7) is 12.6. The number of amides is 11. The Balaban J connectivity index is 1.99. The minimum absolute atomic E-state index is 0.0118. The van der Waals surface area contributed by atoms with Crippen molar-refractivity contribution in [2.75, 3.05) is 39.3 Å². The van der Waals surface area contributed by atoms with Gasteiger partial charge in [0.05, 0.1) is 25.0 Å². The van der Waals surface area contributed by atoms with Gasteiger partial charge in [0.2, 0.25) is 65.0 Å². The van der Waals surface area contributed by atoms with Gasteiger partial charge in [-0.25, -0.2) is 19.7 Å². The van der Waals surface area contributed by atoms with E-state index in [0.29, 0.717) is 114 Å². The number of nitrogens with one attached hydrogen (secondary N) is 14. The summed E-state index contributed by atoms with van der Waals surface area (Å²) in [6.07, 6.45) is 14.1. The number of H-pyrrole nitrogens is 3. The van der Waals surface area contributed by atoms with E-state index < -0.39 is 143 Å². The lowest BCUT2D eigenvalue weighted by molar-refractivity contribution is -0.142.